The molecule has 0 bridgehead atoms. The number of thioether (sulfide) groups is 1. The normalized spacial score (nSPS) is 16.2. The first-order valence-corrected chi connectivity index (χ1v) is 4.14. The number of aromatic nitrogens is 2. The molecule has 0 unspecified atom stereocenters. The lowest BCUT2D eigenvalue weighted by molar-refractivity contribution is 0.0988. The Morgan fingerprint density at radius 1 is 1.64 bits per heavy atom. The predicted molar refractivity (Wildman–Crippen MR) is 42.5 cm³/mol. The van der Waals surface area contributed by atoms with Crippen LogP contribution in [0, 0.1) is 0 Å². The maximum Gasteiger partial charge on any atom is 0.185 e. The molecule has 0 aromatic carbocycles. The van der Waals surface area contributed by atoms with Crippen LogP contribution in [-0.2, 0) is 0 Å². The van der Waals surface area contributed by atoms with Crippen LogP contribution in [0.1, 0.15) is 16.9 Å². The number of ketones is 1. The fraction of sp³-hybridized carbons (Fsp3) is 0.143. The lowest BCUT2D eigenvalue weighted by Crippen LogP contribution is -1.97. The Hall–Kier alpha value is -1.03. The van der Waals surface area contributed by atoms with Crippen LogP contribution < -0.4 is 0 Å². The second-order valence-corrected chi connectivity index (χ2v) is 3.17. The molecule has 2 rings (SSSR count). The minimum Gasteiger partial charge on any atom is -0.292 e. The van der Waals surface area contributed by atoms with Crippen molar-refractivity contribution in [2.45, 2.75) is 11.3 Å². The van der Waals surface area contributed by atoms with Gasteiger partial charge in [-0.05, 0) is 5.41 Å². The minimum atomic E-state index is 0.110. The molecule has 0 radical (unpaired) electrons. The second-order valence-electron chi connectivity index (χ2n) is 2.23. The number of nitrogens with zero attached hydrogens (tertiary/aromatic N) is 1. The number of allylic oxidation sites excluding steroid dienone is 1. The third-order valence-corrected chi connectivity index (χ3v) is 2.37. The Kier molecular flexibility index (Phi) is 1.54. The molecular formula is C7H6N2OS. The standard InChI is InChI=1S/C7H6N2OS/c10-5-2-1-3-11-6-4-8-9-7(5)6/h1,3-4H,2H2,(H,8,9). The molecule has 11 heavy (non-hydrogen) atoms. The molecule has 4 heteroatoms. The number of nitrogens with one attached hydrogen (secondary N) is 1. The van der Waals surface area contributed by atoms with Gasteiger partial charge in [0.25, 0.3) is 0 Å². The molecule has 3 nitrogen and oxygen atoms in total. The van der Waals surface area contributed by atoms with Crippen LogP contribution in [0.4, 0.5) is 0 Å². The van der Waals surface area contributed by atoms with Crippen LogP contribution in [0.15, 0.2) is 22.6 Å². The van der Waals surface area contributed by atoms with Crippen LogP contribution in [0.3, 0.4) is 0 Å². The van der Waals surface area contributed by atoms with E-state index in [2.05, 4.69) is 10.2 Å². The second kappa shape index (κ2) is 2.54. The fourth-order valence-electron chi connectivity index (χ4n) is 0.943. The van der Waals surface area contributed by atoms with Crippen molar-refractivity contribution in [2.24, 2.45) is 0 Å². The van der Waals surface area contributed by atoms with Gasteiger partial charge in [0.2, 0.25) is 0 Å². The van der Waals surface area contributed by atoms with Crippen molar-refractivity contribution in [2.75, 3.05) is 0 Å². The van der Waals surface area contributed by atoms with E-state index in [0.29, 0.717) is 12.1 Å². The molecule has 56 valence electrons. The van der Waals surface area contributed by atoms with E-state index in [1.165, 1.54) is 11.8 Å². The van der Waals surface area contributed by atoms with Gasteiger partial charge in [-0.25, -0.2) is 0 Å². The Labute approximate surface area is 67.9 Å². The van der Waals surface area contributed by atoms with E-state index in [1.807, 2.05) is 11.5 Å². The van der Waals surface area contributed by atoms with Gasteiger partial charge in [0.05, 0.1) is 11.1 Å². The molecule has 0 aliphatic carbocycles. The average molecular weight is 166 g/mol. The van der Waals surface area contributed by atoms with E-state index in [4.69, 9.17) is 0 Å². The van der Waals surface area contributed by atoms with Crippen LogP contribution in [-0.4, -0.2) is 16.0 Å². The zero-order valence-corrected chi connectivity index (χ0v) is 6.52. The first-order chi connectivity index (χ1) is 5.38. The summed E-state index contributed by atoms with van der Waals surface area (Å²) >= 11 is 1.52. The quantitative estimate of drug-likeness (QED) is 0.636. The smallest absolute Gasteiger partial charge is 0.185 e. The van der Waals surface area contributed by atoms with Gasteiger partial charge in [0, 0.05) is 6.42 Å². The summed E-state index contributed by atoms with van der Waals surface area (Å²) in [7, 11) is 0. The largest absolute Gasteiger partial charge is 0.292 e. The van der Waals surface area contributed by atoms with Crippen molar-refractivity contribution < 1.29 is 4.79 Å². The van der Waals surface area contributed by atoms with Crippen molar-refractivity contribution in [3.63, 3.8) is 0 Å². The number of carbonyl (C=O) groups is 1. The maximum atomic E-state index is 11.2. The van der Waals surface area contributed by atoms with E-state index in [1.54, 1.807) is 6.20 Å². The molecule has 0 amide bonds. The van der Waals surface area contributed by atoms with Gasteiger partial charge in [-0.2, -0.15) is 5.10 Å². The van der Waals surface area contributed by atoms with Crippen molar-refractivity contribution in [1.82, 2.24) is 10.2 Å². The van der Waals surface area contributed by atoms with Crippen molar-refractivity contribution in [1.29, 1.82) is 0 Å². The SMILES string of the molecule is O=C1CC=CSc2cn[nH]c21. The molecule has 0 saturated carbocycles. The number of fused-ring (bicyclic) bond motifs is 1. The van der Waals surface area contributed by atoms with E-state index in [9.17, 15) is 4.79 Å². The Balaban J connectivity index is 2.49. The Morgan fingerprint density at radius 3 is 3.45 bits per heavy atom. The van der Waals surface area contributed by atoms with Gasteiger partial charge in [-0.1, -0.05) is 17.8 Å². The lowest BCUT2D eigenvalue weighted by atomic mass is 10.2. The summed E-state index contributed by atoms with van der Waals surface area (Å²) in [6.07, 6.45) is 4.01. The van der Waals surface area contributed by atoms with Crippen molar-refractivity contribution in [3.8, 4) is 0 Å². The average Bonchev–Trinajstić information content (AvgIpc) is 2.40. The van der Waals surface area contributed by atoms with E-state index in [-0.39, 0.29) is 5.78 Å². The number of H-pyrrole nitrogens is 1. The van der Waals surface area contributed by atoms with Gasteiger partial charge in [0.1, 0.15) is 5.69 Å². The van der Waals surface area contributed by atoms with Gasteiger partial charge < -0.3 is 0 Å². The number of aromatic amines is 1. The van der Waals surface area contributed by atoms with E-state index in [0.717, 1.165) is 4.90 Å². The third kappa shape index (κ3) is 1.09. The van der Waals surface area contributed by atoms with E-state index < -0.39 is 0 Å². The fourth-order valence-corrected chi connectivity index (χ4v) is 1.67. The van der Waals surface area contributed by atoms with E-state index >= 15 is 0 Å². The summed E-state index contributed by atoms with van der Waals surface area (Å²) in [4.78, 5) is 12.2. The molecule has 1 N–H and O–H groups in total. The van der Waals surface area contributed by atoms with Crippen LogP contribution in [0.25, 0.3) is 0 Å². The predicted octanol–water partition coefficient (Wildman–Crippen LogP) is 1.60. The number of hydrogen-bond donors (Lipinski definition) is 1. The maximum absolute atomic E-state index is 11.2. The molecule has 0 spiro atoms. The summed E-state index contributed by atoms with van der Waals surface area (Å²) in [6, 6.07) is 0. The summed E-state index contributed by atoms with van der Waals surface area (Å²) in [5.74, 6) is 0.110. The molecule has 0 atom stereocenters. The number of Topliss-reactive ketones (excluding diaryl/α,β-unsaturated/α-hetero) is 1. The highest BCUT2D eigenvalue weighted by molar-refractivity contribution is 8.02. The first-order valence-electron chi connectivity index (χ1n) is 3.26. The summed E-state index contributed by atoms with van der Waals surface area (Å²) < 4.78 is 0. The zero-order valence-electron chi connectivity index (χ0n) is 5.70. The number of hydrogen-bond acceptors (Lipinski definition) is 3. The van der Waals surface area contributed by atoms with Crippen molar-refractivity contribution in [3.05, 3.63) is 23.4 Å². The Morgan fingerprint density at radius 2 is 2.55 bits per heavy atom. The van der Waals surface area contributed by atoms with Crippen LogP contribution in [0.2, 0.25) is 0 Å². The molecule has 0 fully saturated rings. The molecule has 1 aromatic rings. The summed E-state index contributed by atoms with van der Waals surface area (Å²) in [5.41, 5.74) is 0.639. The van der Waals surface area contributed by atoms with Crippen molar-refractivity contribution >= 4 is 17.5 Å². The molecular weight excluding hydrogens is 160 g/mol. The number of rotatable bonds is 0. The lowest BCUT2D eigenvalue weighted by Gasteiger charge is -1.91. The molecule has 0 saturated heterocycles. The topological polar surface area (TPSA) is 45.8 Å². The highest BCUT2D eigenvalue weighted by Gasteiger charge is 2.14. The van der Waals surface area contributed by atoms with Gasteiger partial charge in [-0.3, -0.25) is 9.89 Å². The van der Waals surface area contributed by atoms with Crippen LogP contribution >= 0.6 is 11.8 Å². The summed E-state index contributed by atoms with van der Waals surface area (Å²) in [5, 5.41) is 8.40. The third-order valence-electron chi connectivity index (χ3n) is 1.48. The van der Waals surface area contributed by atoms with Crippen LogP contribution in [0.5, 0.6) is 0 Å². The van der Waals surface area contributed by atoms with Gasteiger partial charge >= 0.3 is 0 Å². The minimum absolute atomic E-state index is 0.110. The number of carbonyl (C=O) groups excluding carboxylic acids is 1. The molecule has 1 aliphatic rings. The first kappa shape index (κ1) is 6.67. The zero-order chi connectivity index (χ0) is 7.68. The highest BCUT2D eigenvalue weighted by Crippen LogP contribution is 2.25. The highest BCUT2D eigenvalue weighted by atomic mass is 32.2. The monoisotopic (exact) mass is 166 g/mol. The molecule has 1 aliphatic heterocycles. The Bertz CT molecular complexity index is 316. The molecule has 1 aromatic heterocycles. The summed E-state index contributed by atoms with van der Waals surface area (Å²) in [6.45, 7) is 0. The van der Waals surface area contributed by atoms with Gasteiger partial charge in [-0.15, -0.1) is 0 Å². The molecule has 2 heterocycles. The van der Waals surface area contributed by atoms with Gasteiger partial charge in [0.15, 0.2) is 5.78 Å².